The van der Waals surface area contributed by atoms with Crippen LogP contribution in [0.1, 0.15) is 0 Å². The van der Waals surface area contributed by atoms with E-state index in [1.807, 2.05) is 4.98 Å². The molecule has 0 saturated heterocycles. The Morgan fingerprint density at radius 2 is 2.00 bits per heavy atom. The van der Waals surface area contributed by atoms with Crippen molar-refractivity contribution in [2.24, 2.45) is 0 Å². The molecule has 0 radical (unpaired) electrons. The lowest BCUT2D eigenvalue weighted by molar-refractivity contribution is 0.455. The van der Waals surface area contributed by atoms with Crippen molar-refractivity contribution in [1.82, 2.24) is 8.96 Å². The SMILES string of the molecule is O=c1[nH]c(O)cn1S(=O)(=O)c1cc2c(Cl)c(Cl)ccc2o1. The molecule has 7 nitrogen and oxygen atoms in total. The number of halogens is 2. The number of nitrogens with zero attached hydrogens (tertiary/aromatic N) is 1. The van der Waals surface area contributed by atoms with Gasteiger partial charge >= 0.3 is 15.7 Å². The van der Waals surface area contributed by atoms with E-state index in [1.165, 1.54) is 12.1 Å². The van der Waals surface area contributed by atoms with Crippen molar-refractivity contribution in [3.05, 3.63) is 44.9 Å². The largest absolute Gasteiger partial charge is 0.493 e. The second kappa shape index (κ2) is 4.55. The summed E-state index contributed by atoms with van der Waals surface area (Å²) in [6.45, 7) is 0. The van der Waals surface area contributed by atoms with E-state index < -0.39 is 26.7 Å². The maximum Gasteiger partial charge on any atom is 0.342 e. The minimum absolute atomic E-state index is 0.142. The lowest BCUT2D eigenvalue weighted by Gasteiger charge is -1.98. The van der Waals surface area contributed by atoms with Crippen LogP contribution in [0, 0.1) is 0 Å². The quantitative estimate of drug-likeness (QED) is 0.738. The van der Waals surface area contributed by atoms with Gasteiger partial charge in [0.1, 0.15) is 5.58 Å². The first-order valence-electron chi connectivity index (χ1n) is 5.44. The number of aromatic nitrogens is 2. The molecule has 2 N–H and O–H groups in total. The molecule has 0 saturated carbocycles. The lowest BCUT2D eigenvalue weighted by Crippen LogP contribution is -2.24. The highest BCUT2D eigenvalue weighted by Crippen LogP contribution is 2.34. The van der Waals surface area contributed by atoms with Crippen LogP contribution in [0.3, 0.4) is 0 Å². The molecule has 3 aromatic rings. The average Bonchev–Trinajstić information content (AvgIpc) is 2.98. The number of fused-ring (bicyclic) bond motifs is 1. The second-order valence-corrected chi connectivity index (χ2v) is 6.62. The Morgan fingerprint density at radius 3 is 2.62 bits per heavy atom. The van der Waals surface area contributed by atoms with Crippen molar-refractivity contribution in [3.8, 4) is 5.88 Å². The van der Waals surface area contributed by atoms with Gasteiger partial charge in [0.2, 0.25) is 11.0 Å². The molecule has 0 bridgehead atoms. The summed E-state index contributed by atoms with van der Waals surface area (Å²) >= 11 is 11.8. The van der Waals surface area contributed by atoms with E-state index in [2.05, 4.69) is 0 Å². The first-order valence-corrected chi connectivity index (χ1v) is 7.64. The third-order valence-electron chi connectivity index (χ3n) is 2.75. The maximum absolute atomic E-state index is 12.3. The Morgan fingerprint density at radius 1 is 1.29 bits per heavy atom. The molecular formula is C11H6Cl2N2O5S. The summed E-state index contributed by atoms with van der Waals surface area (Å²) in [5.74, 6) is -0.583. The number of rotatable bonds is 2. The summed E-state index contributed by atoms with van der Waals surface area (Å²) in [7, 11) is -4.30. The molecule has 0 aliphatic carbocycles. The zero-order chi connectivity index (χ0) is 15.4. The van der Waals surface area contributed by atoms with Gasteiger partial charge in [-0.15, -0.1) is 0 Å². The van der Waals surface area contributed by atoms with Gasteiger partial charge in [-0.25, -0.2) is 4.79 Å². The average molecular weight is 349 g/mol. The van der Waals surface area contributed by atoms with Crippen molar-refractivity contribution in [3.63, 3.8) is 0 Å². The van der Waals surface area contributed by atoms with Crippen LogP contribution in [0.4, 0.5) is 0 Å². The zero-order valence-electron chi connectivity index (χ0n) is 10.0. The van der Waals surface area contributed by atoms with Crippen LogP contribution in [0.5, 0.6) is 5.88 Å². The van der Waals surface area contributed by atoms with Gasteiger partial charge in [-0.05, 0) is 12.1 Å². The van der Waals surface area contributed by atoms with Crippen molar-refractivity contribution < 1.29 is 17.9 Å². The van der Waals surface area contributed by atoms with Gasteiger partial charge in [0.05, 0.1) is 16.2 Å². The van der Waals surface area contributed by atoms with Crippen LogP contribution in [0.15, 0.2) is 38.7 Å². The molecule has 0 aliphatic rings. The number of hydrogen-bond acceptors (Lipinski definition) is 5. The van der Waals surface area contributed by atoms with Crippen LogP contribution in [0.25, 0.3) is 11.0 Å². The minimum Gasteiger partial charge on any atom is -0.493 e. The van der Waals surface area contributed by atoms with Gasteiger partial charge in [-0.3, -0.25) is 4.98 Å². The highest BCUT2D eigenvalue weighted by atomic mass is 35.5. The third-order valence-corrected chi connectivity index (χ3v) is 5.07. The number of imidazole rings is 1. The van der Waals surface area contributed by atoms with Gasteiger partial charge < -0.3 is 9.52 Å². The van der Waals surface area contributed by atoms with Crippen LogP contribution in [0.2, 0.25) is 10.0 Å². The fraction of sp³-hybridized carbons (Fsp3) is 0. The first kappa shape index (κ1) is 14.1. The Balaban J connectivity index is 2.27. The second-order valence-electron chi connectivity index (χ2n) is 4.08. The van der Waals surface area contributed by atoms with Crippen LogP contribution in [-0.2, 0) is 10.0 Å². The number of H-pyrrole nitrogens is 1. The number of benzene rings is 1. The van der Waals surface area contributed by atoms with Gasteiger partial charge in [-0.2, -0.15) is 12.4 Å². The number of aromatic amines is 1. The van der Waals surface area contributed by atoms with E-state index in [0.717, 1.165) is 12.3 Å². The molecule has 110 valence electrons. The highest BCUT2D eigenvalue weighted by Gasteiger charge is 2.25. The van der Waals surface area contributed by atoms with Gasteiger partial charge in [0.15, 0.2) is 0 Å². The molecule has 2 heterocycles. The number of aromatic hydroxyl groups is 1. The third kappa shape index (κ3) is 2.11. The Kier molecular flexibility index (Phi) is 3.05. The summed E-state index contributed by atoms with van der Waals surface area (Å²) in [5.41, 5.74) is -0.812. The van der Waals surface area contributed by atoms with E-state index in [9.17, 15) is 13.2 Å². The van der Waals surface area contributed by atoms with Gasteiger partial charge in [-0.1, -0.05) is 23.2 Å². The number of hydrogen-bond donors (Lipinski definition) is 2. The molecule has 0 amide bonds. The van der Waals surface area contributed by atoms with Crippen molar-refractivity contribution in [1.29, 1.82) is 0 Å². The standard InChI is InChI=1S/C11H6Cl2N2O5S/c12-6-1-2-7-5(10(6)13)3-9(20-7)21(18,19)15-4-8(16)14-11(15)17/h1-4,16H,(H,14,17). The van der Waals surface area contributed by atoms with Crippen LogP contribution < -0.4 is 5.69 Å². The van der Waals surface area contributed by atoms with Crippen molar-refractivity contribution >= 4 is 44.2 Å². The summed E-state index contributed by atoms with van der Waals surface area (Å²) in [5, 5.41) is 9.34. The molecule has 0 aliphatic heterocycles. The predicted molar refractivity (Wildman–Crippen MR) is 75.5 cm³/mol. The molecule has 21 heavy (non-hydrogen) atoms. The van der Waals surface area contributed by atoms with E-state index in [0.29, 0.717) is 9.36 Å². The molecular weight excluding hydrogens is 343 g/mol. The lowest BCUT2D eigenvalue weighted by atomic mass is 10.2. The monoisotopic (exact) mass is 348 g/mol. The Labute approximate surface area is 127 Å². The first-order chi connectivity index (χ1) is 9.80. The summed E-state index contributed by atoms with van der Waals surface area (Å²) in [4.78, 5) is 13.4. The predicted octanol–water partition coefficient (Wildman–Crippen LogP) is 2.17. The zero-order valence-corrected chi connectivity index (χ0v) is 12.3. The normalized spacial score (nSPS) is 12.1. The van der Waals surface area contributed by atoms with E-state index in [-0.39, 0.29) is 15.6 Å². The van der Waals surface area contributed by atoms with Crippen molar-refractivity contribution in [2.75, 3.05) is 0 Å². The fourth-order valence-corrected chi connectivity index (χ4v) is 3.33. The van der Waals surface area contributed by atoms with E-state index in [1.54, 1.807) is 0 Å². The molecule has 0 unspecified atom stereocenters. The topological polar surface area (TPSA) is 105 Å². The molecule has 0 atom stereocenters. The fourth-order valence-electron chi connectivity index (χ4n) is 1.80. The molecule has 2 aromatic heterocycles. The van der Waals surface area contributed by atoms with Crippen LogP contribution >= 0.6 is 23.2 Å². The summed E-state index contributed by atoms with van der Waals surface area (Å²) in [6.07, 6.45) is 0.736. The molecule has 1 aromatic carbocycles. The van der Waals surface area contributed by atoms with E-state index >= 15 is 0 Å². The summed E-state index contributed by atoms with van der Waals surface area (Å²) < 4.78 is 30.1. The van der Waals surface area contributed by atoms with Gasteiger partial charge in [0.25, 0.3) is 0 Å². The number of furan rings is 1. The highest BCUT2D eigenvalue weighted by molar-refractivity contribution is 7.89. The maximum atomic E-state index is 12.3. The smallest absolute Gasteiger partial charge is 0.342 e. The Bertz CT molecular complexity index is 1020. The van der Waals surface area contributed by atoms with Crippen LogP contribution in [-0.4, -0.2) is 22.5 Å². The number of nitrogens with one attached hydrogen (secondary N) is 1. The summed E-state index contributed by atoms with van der Waals surface area (Å²) in [6, 6.07) is 4.08. The van der Waals surface area contributed by atoms with Crippen molar-refractivity contribution in [2.45, 2.75) is 5.09 Å². The molecule has 3 rings (SSSR count). The Hall–Kier alpha value is -1.90. The minimum atomic E-state index is -4.30. The van der Waals surface area contributed by atoms with Gasteiger partial charge in [0, 0.05) is 11.5 Å². The molecule has 0 fully saturated rings. The molecule has 0 spiro atoms. The van der Waals surface area contributed by atoms with E-state index in [4.69, 9.17) is 32.7 Å². The molecule has 10 heteroatoms.